The summed E-state index contributed by atoms with van der Waals surface area (Å²) >= 11 is 3.44. The fraction of sp³-hybridized carbons (Fsp3) is 0.381. The molecule has 2 unspecified atom stereocenters. The number of para-hydroxylation sites is 1. The molecule has 2 aromatic heterocycles. The van der Waals surface area contributed by atoms with Crippen LogP contribution in [0.1, 0.15) is 35.0 Å². The number of benzene rings is 1. The molecule has 3 heterocycles. The quantitative estimate of drug-likeness (QED) is 0.558. The van der Waals surface area contributed by atoms with Gasteiger partial charge in [-0.2, -0.15) is 11.3 Å². The van der Waals surface area contributed by atoms with E-state index in [0.29, 0.717) is 6.61 Å². The zero-order valence-electron chi connectivity index (χ0n) is 15.2. The molecule has 1 saturated heterocycles. The SMILES string of the molecule is c1ccc(OCC2CCCO2)c(CNC(Cc2ccsc2)c2nccs2)c1. The van der Waals surface area contributed by atoms with Crippen molar-refractivity contribution in [2.75, 3.05) is 13.2 Å². The first kappa shape index (κ1) is 18.6. The van der Waals surface area contributed by atoms with Gasteiger partial charge in [-0.3, -0.25) is 0 Å². The van der Waals surface area contributed by atoms with Gasteiger partial charge in [0.2, 0.25) is 0 Å². The highest BCUT2D eigenvalue weighted by Crippen LogP contribution is 2.25. The Morgan fingerprint density at radius 3 is 3.00 bits per heavy atom. The maximum absolute atomic E-state index is 6.07. The maximum Gasteiger partial charge on any atom is 0.123 e. The van der Waals surface area contributed by atoms with E-state index in [1.165, 1.54) is 11.1 Å². The van der Waals surface area contributed by atoms with E-state index in [9.17, 15) is 0 Å². The van der Waals surface area contributed by atoms with E-state index in [4.69, 9.17) is 9.47 Å². The van der Waals surface area contributed by atoms with Crippen molar-refractivity contribution in [3.63, 3.8) is 0 Å². The summed E-state index contributed by atoms with van der Waals surface area (Å²) in [7, 11) is 0. The van der Waals surface area contributed by atoms with Crippen LogP contribution in [0, 0.1) is 0 Å². The molecule has 27 heavy (non-hydrogen) atoms. The number of hydrogen-bond donors (Lipinski definition) is 1. The molecule has 6 heteroatoms. The molecule has 0 aliphatic carbocycles. The van der Waals surface area contributed by atoms with Crippen molar-refractivity contribution in [3.8, 4) is 5.75 Å². The van der Waals surface area contributed by atoms with Crippen LogP contribution >= 0.6 is 22.7 Å². The van der Waals surface area contributed by atoms with Crippen LogP contribution in [0.5, 0.6) is 5.75 Å². The molecule has 0 amide bonds. The largest absolute Gasteiger partial charge is 0.491 e. The molecule has 1 aliphatic rings. The second-order valence-electron chi connectivity index (χ2n) is 6.69. The molecule has 1 N–H and O–H groups in total. The molecule has 0 saturated carbocycles. The highest BCUT2D eigenvalue weighted by molar-refractivity contribution is 7.09. The van der Waals surface area contributed by atoms with Gasteiger partial charge in [0.15, 0.2) is 0 Å². The smallest absolute Gasteiger partial charge is 0.123 e. The molecule has 1 aliphatic heterocycles. The number of aromatic nitrogens is 1. The van der Waals surface area contributed by atoms with Crippen LogP contribution in [0.3, 0.4) is 0 Å². The molecule has 1 aromatic carbocycles. The lowest BCUT2D eigenvalue weighted by molar-refractivity contribution is 0.0675. The molecular weight excluding hydrogens is 376 g/mol. The lowest BCUT2D eigenvalue weighted by atomic mass is 10.1. The molecule has 0 bridgehead atoms. The highest BCUT2D eigenvalue weighted by Gasteiger charge is 2.18. The van der Waals surface area contributed by atoms with Gasteiger partial charge >= 0.3 is 0 Å². The fourth-order valence-electron chi connectivity index (χ4n) is 3.28. The van der Waals surface area contributed by atoms with Gasteiger partial charge in [0.05, 0.1) is 12.1 Å². The highest BCUT2D eigenvalue weighted by atomic mass is 32.1. The summed E-state index contributed by atoms with van der Waals surface area (Å²) in [5.41, 5.74) is 2.51. The molecule has 3 aromatic rings. The molecule has 2 atom stereocenters. The van der Waals surface area contributed by atoms with Gasteiger partial charge in [0.25, 0.3) is 0 Å². The summed E-state index contributed by atoms with van der Waals surface area (Å²) in [6.07, 6.45) is 5.27. The summed E-state index contributed by atoms with van der Waals surface area (Å²) in [5, 5.41) is 11.2. The number of thiophene rings is 1. The lowest BCUT2D eigenvalue weighted by Crippen LogP contribution is -2.23. The number of rotatable bonds is 9. The van der Waals surface area contributed by atoms with Crippen LogP contribution in [0.15, 0.2) is 52.7 Å². The number of ether oxygens (including phenoxy) is 2. The third-order valence-corrected chi connectivity index (χ3v) is 6.35. The number of thiazole rings is 1. The van der Waals surface area contributed by atoms with E-state index in [2.05, 4.69) is 39.3 Å². The molecule has 1 fully saturated rings. The average Bonchev–Trinajstić information content (AvgIpc) is 3.47. The van der Waals surface area contributed by atoms with E-state index in [0.717, 1.165) is 43.2 Å². The van der Waals surface area contributed by atoms with Crippen LogP contribution in [0.25, 0.3) is 0 Å². The second kappa shape index (κ2) is 9.46. The van der Waals surface area contributed by atoms with Gasteiger partial charge in [0.1, 0.15) is 17.4 Å². The Kier molecular flexibility index (Phi) is 6.53. The summed E-state index contributed by atoms with van der Waals surface area (Å²) in [5.74, 6) is 0.939. The monoisotopic (exact) mass is 400 g/mol. The summed E-state index contributed by atoms with van der Waals surface area (Å²) in [6.45, 7) is 2.23. The van der Waals surface area contributed by atoms with Crippen molar-refractivity contribution in [1.82, 2.24) is 10.3 Å². The average molecular weight is 401 g/mol. The Morgan fingerprint density at radius 2 is 2.22 bits per heavy atom. The van der Waals surface area contributed by atoms with Gasteiger partial charge in [-0.25, -0.2) is 4.98 Å². The number of nitrogens with one attached hydrogen (secondary N) is 1. The molecule has 4 nitrogen and oxygen atoms in total. The zero-order valence-corrected chi connectivity index (χ0v) is 16.8. The first-order valence-electron chi connectivity index (χ1n) is 9.34. The molecule has 0 spiro atoms. The Bertz CT molecular complexity index is 799. The number of nitrogens with zero attached hydrogens (tertiary/aromatic N) is 1. The van der Waals surface area contributed by atoms with E-state index in [1.54, 1.807) is 22.7 Å². The van der Waals surface area contributed by atoms with Crippen molar-refractivity contribution in [2.45, 2.75) is 38.0 Å². The minimum absolute atomic E-state index is 0.200. The Hall–Kier alpha value is -1.73. The van der Waals surface area contributed by atoms with E-state index >= 15 is 0 Å². The normalized spacial score (nSPS) is 17.9. The van der Waals surface area contributed by atoms with E-state index < -0.39 is 0 Å². The first-order valence-corrected chi connectivity index (χ1v) is 11.2. The van der Waals surface area contributed by atoms with Crippen LogP contribution in [-0.4, -0.2) is 24.3 Å². The van der Waals surface area contributed by atoms with Gasteiger partial charge in [-0.15, -0.1) is 11.3 Å². The predicted molar refractivity (Wildman–Crippen MR) is 111 cm³/mol. The molecule has 4 rings (SSSR count). The lowest BCUT2D eigenvalue weighted by Gasteiger charge is -2.19. The zero-order chi connectivity index (χ0) is 18.3. The summed E-state index contributed by atoms with van der Waals surface area (Å²) < 4.78 is 11.7. The van der Waals surface area contributed by atoms with Crippen molar-refractivity contribution >= 4 is 22.7 Å². The maximum atomic E-state index is 6.07. The van der Waals surface area contributed by atoms with Crippen molar-refractivity contribution in [2.24, 2.45) is 0 Å². The van der Waals surface area contributed by atoms with Crippen LogP contribution in [-0.2, 0) is 17.7 Å². The molecule has 0 radical (unpaired) electrons. The first-order chi connectivity index (χ1) is 13.4. The minimum Gasteiger partial charge on any atom is -0.491 e. The van der Waals surface area contributed by atoms with Crippen molar-refractivity contribution < 1.29 is 9.47 Å². The number of hydrogen-bond acceptors (Lipinski definition) is 6. The standard InChI is InChI=1S/C21H24N2O2S2/c1-2-6-20(25-14-18-5-3-9-24-18)17(4-1)13-23-19(21-22-8-11-27-21)12-16-7-10-26-15-16/h1-2,4,6-8,10-11,15,18-19,23H,3,5,9,12-14H2. The van der Waals surface area contributed by atoms with Crippen molar-refractivity contribution in [1.29, 1.82) is 0 Å². The van der Waals surface area contributed by atoms with Crippen molar-refractivity contribution in [3.05, 3.63) is 68.8 Å². The second-order valence-corrected chi connectivity index (χ2v) is 8.40. The van der Waals surface area contributed by atoms with Crippen LogP contribution in [0.4, 0.5) is 0 Å². The third-order valence-electron chi connectivity index (χ3n) is 4.73. The topological polar surface area (TPSA) is 43.4 Å². The molecular formula is C21H24N2O2S2. The van der Waals surface area contributed by atoms with Crippen LogP contribution < -0.4 is 10.1 Å². The Morgan fingerprint density at radius 1 is 1.26 bits per heavy atom. The van der Waals surface area contributed by atoms with E-state index in [-0.39, 0.29) is 12.1 Å². The fourth-order valence-corrected chi connectivity index (χ4v) is 4.68. The molecule has 142 valence electrons. The Labute approximate surface area is 168 Å². The van der Waals surface area contributed by atoms with Crippen LogP contribution in [0.2, 0.25) is 0 Å². The third kappa shape index (κ3) is 5.17. The predicted octanol–water partition coefficient (Wildman–Crippen LogP) is 4.84. The summed E-state index contributed by atoms with van der Waals surface area (Å²) in [4.78, 5) is 4.53. The van der Waals surface area contributed by atoms with Gasteiger partial charge in [-0.05, 0) is 47.7 Å². The van der Waals surface area contributed by atoms with E-state index in [1.807, 2.05) is 23.7 Å². The Balaban J connectivity index is 1.41. The van der Waals surface area contributed by atoms with Gasteiger partial charge < -0.3 is 14.8 Å². The summed E-state index contributed by atoms with van der Waals surface area (Å²) in [6, 6.07) is 10.6. The van der Waals surface area contributed by atoms with Gasteiger partial charge in [-0.1, -0.05) is 18.2 Å². The van der Waals surface area contributed by atoms with Gasteiger partial charge in [0, 0.05) is 30.3 Å². The minimum atomic E-state index is 0.200.